The summed E-state index contributed by atoms with van der Waals surface area (Å²) >= 11 is 0. The Morgan fingerprint density at radius 3 is 2.18 bits per heavy atom. The van der Waals surface area contributed by atoms with Crippen molar-refractivity contribution in [2.24, 2.45) is 23.2 Å². The quantitative estimate of drug-likeness (QED) is 0.676. The van der Waals surface area contributed by atoms with Crippen LogP contribution in [0.15, 0.2) is 23.1 Å². The maximum absolute atomic E-state index is 13.1. The van der Waals surface area contributed by atoms with Crippen molar-refractivity contribution in [3.8, 4) is 5.75 Å². The van der Waals surface area contributed by atoms with Gasteiger partial charge in [-0.05, 0) is 80.9 Å². The van der Waals surface area contributed by atoms with Crippen molar-refractivity contribution in [3.05, 3.63) is 23.8 Å². The van der Waals surface area contributed by atoms with Gasteiger partial charge in [-0.2, -0.15) is 4.31 Å². The molecule has 5 aliphatic rings. The number of nitrogens with one attached hydrogen (secondary N) is 1. The average Bonchev–Trinajstić information content (AvgIpc) is 2.78. The lowest BCUT2D eigenvalue weighted by atomic mass is 9.49. The summed E-state index contributed by atoms with van der Waals surface area (Å²) in [5.74, 6) is 1.59. The number of nitrogens with zero attached hydrogens (tertiary/aromatic N) is 2. The van der Waals surface area contributed by atoms with E-state index in [0.29, 0.717) is 17.8 Å². The van der Waals surface area contributed by atoms with Crippen LogP contribution in [0.5, 0.6) is 5.75 Å². The summed E-state index contributed by atoms with van der Waals surface area (Å²) in [6.45, 7) is 2.57. The van der Waals surface area contributed by atoms with Crippen molar-refractivity contribution in [1.82, 2.24) is 14.5 Å². The average molecular weight is 476 g/mol. The Bertz CT molecular complexity index is 1030. The zero-order valence-electron chi connectivity index (χ0n) is 19.1. The number of phenols is 1. The smallest absolute Gasteiger partial charge is 0.246 e. The monoisotopic (exact) mass is 475 g/mol. The molecule has 2 N–H and O–H groups in total. The van der Waals surface area contributed by atoms with Crippen LogP contribution in [0.1, 0.15) is 44.1 Å². The third-order valence-corrected chi connectivity index (χ3v) is 10.2. The van der Waals surface area contributed by atoms with Crippen molar-refractivity contribution < 1.29 is 23.1 Å². The van der Waals surface area contributed by atoms with E-state index < -0.39 is 10.0 Å². The molecule has 33 heavy (non-hydrogen) atoms. The summed E-state index contributed by atoms with van der Waals surface area (Å²) in [4.78, 5) is 27.4. The molecule has 1 aliphatic heterocycles. The molecule has 9 heteroatoms. The second-order valence-corrected chi connectivity index (χ2v) is 12.5. The van der Waals surface area contributed by atoms with Crippen LogP contribution in [-0.4, -0.2) is 67.3 Å². The second kappa shape index (κ2) is 8.27. The zero-order valence-corrected chi connectivity index (χ0v) is 19.9. The van der Waals surface area contributed by atoms with Crippen molar-refractivity contribution in [2.45, 2.75) is 50.3 Å². The van der Waals surface area contributed by atoms with Crippen LogP contribution in [-0.2, 0) is 19.6 Å². The number of amides is 2. The molecule has 0 aromatic heterocycles. The summed E-state index contributed by atoms with van der Waals surface area (Å²) in [5, 5.41) is 13.0. The van der Waals surface area contributed by atoms with Crippen LogP contribution < -0.4 is 5.32 Å². The first-order valence-electron chi connectivity index (χ1n) is 12.0. The molecule has 5 fully saturated rings. The van der Waals surface area contributed by atoms with E-state index >= 15 is 0 Å². The molecule has 1 aromatic rings. The number of aromatic hydroxyl groups is 1. The molecule has 180 valence electrons. The molecule has 4 aliphatic carbocycles. The molecular formula is C24H33N3O5S. The summed E-state index contributed by atoms with van der Waals surface area (Å²) < 4.78 is 27.2. The van der Waals surface area contributed by atoms with E-state index in [0.717, 1.165) is 24.8 Å². The van der Waals surface area contributed by atoms with Gasteiger partial charge in [0.25, 0.3) is 0 Å². The Kier molecular flexibility index (Phi) is 5.68. The fraction of sp³-hybridized carbons (Fsp3) is 0.667. The predicted molar refractivity (Wildman–Crippen MR) is 122 cm³/mol. The molecular weight excluding hydrogens is 442 g/mol. The number of piperazine rings is 1. The van der Waals surface area contributed by atoms with Crippen molar-refractivity contribution in [1.29, 1.82) is 0 Å². The molecule has 1 aromatic carbocycles. The number of rotatable bonds is 5. The van der Waals surface area contributed by atoms with Crippen molar-refractivity contribution in [2.75, 3.05) is 32.7 Å². The maximum Gasteiger partial charge on any atom is 0.246 e. The number of phenolic OH excluding ortho intramolecular Hbond substituents is 1. The first kappa shape index (κ1) is 22.7. The fourth-order valence-corrected chi connectivity index (χ4v) is 8.58. The van der Waals surface area contributed by atoms with Gasteiger partial charge in [-0.25, -0.2) is 8.42 Å². The maximum atomic E-state index is 13.1. The van der Waals surface area contributed by atoms with Gasteiger partial charge in [0.15, 0.2) is 0 Å². The third-order valence-electron chi connectivity index (χ3n) is 8.24. The topological polar surface area (TPSA) is 107 Å². The van der Waals surface area contributed by atoms with Gasteiger partial charge in [0.1, 0.15) is 10.6 Å². The molecule has 1 heterocycles. The molecule has 6 rings (SSSR count). The second-order valence-electron chi connectivity index (χ2n) is 10.6. The lowest BCUT2D eigenvalue weighted by Crippen LogP contribution is -2.56. The molecule has 0 unspecified atom stereocenters. The highest BCUT2D eigenvalue weighted by molar-refractivity contribution is 7.89. The van der Waals surface area contributed by atoms with Crippen LogP contribution in [0.2, 0.25) is 0 Å². The summed E-state index contributed by atoms with van der Waals surface area (Å²) in [6, 6.07) is 4.50. The minimum Gasteiger partial charge on any atom is -0.507 e. The van der Waals surface area contributed by atoms with E-state index in [1.807, 2.05) is 0 Å². The minimum absolute atomic E-state index is 0.0334. The number of aryl methyl sites for hydroxylation is 1. The van der Waals surface area contributed by atoms with Crippen LogP contribution >= 0.6 is 0 Å². The van der Waals surface area contributed by atoms with Crippen LogP contribution in [0.25, 0.3) is 0 Å². The molecule has 4 bridgehead atoms. The number of hydrogen-bond donors (Lipinski definition) is 2. The molecule has 0 radical (unpaired) electrons. The van der Waals surface area contributed by atoms with Gasteiger partial charge >= 0.3 is 0 Å². The molecule has 2 amide bonds. The van der Waals surface area contributed by atoms with E-state index in [1.165, 1.54) is 35.7 Å². The van der Waals surface area contributed by atoms with E-state index in [1.54, 1.807) is 17.9 Å². The van der Waals surface area contributed by atoms with Crippen molar-refractivity contribution >= 4 is 21.8 Å². The van der Waals surface area contributed by atoms with Gasteiger partial charge in [0, 0.05) is 31.6 Å². The van der Waals surface area contributed by atoms with E-state index in [4.69, 9.17) is 0 Å². The Labute approximate surface area is 195 Å². The molecule has 1 saturated heterocycles. The van der Waals surface area contributed by atoms with Gasteiger partial charge in [-0.1, -0.05) is 6.07 Å². The lowest BCUT2D eigenvalue weighted by molar-refractivity contribution is -0.148. The van der Waals surface area contributed by atoms with Crippen LogP contribution in [0, 0.1) is 30.1 Å². The zero-order chi connectivity index (χ0) is 23.4. The molecule has 8 nitrogen and oxygen atoms in total. The van der Waals surface area contributed by atoms with Gasteiger partial charge in [0.05, 0.1) is 6.54 Å². The highest BCUT2D eigenvalue weighted by atomic mass is 32.2. The highest BCUT2D eigenvalue weighted by Gasteiger charge is 2.54. The Morgan fingerprint density at radius 2 is 1.61 bits per heavy atom. The summed E-state index contributed by atoms with van der Waals surface area (Å²) in [6.07, 6.45) is 6.67. The van der Waals surface area contributed by atoms with Gasteiger partial charge in [-0.15, -0.1) is 0 Å². The third kappa shape index (κ3) is 4.14. The molecule has 0 spiro atoms. The standard InChI is InChI=1S/C24H33N3O5S/c1-16-2-3-20(28)21(8-16)33(31,32)27-6-4-26(5-7-27)22(29)15-25-23(30)24-12-17-9-18(13-24)11-19(10-17)14-24/h2-3,8,17-19,28H,4-7,9-15H2,1H3,(H,25,30). The molecule has 0 atom stereocenters. The number of hydrogen-bond acceptors (Lipinski definition) is 5. The predicted octanol–water partition coefficient (Wildman–Crippen LogP) is 1.87. The first-order valence-corrected chi connectivity index (χ1v) is 13.5. The van der Waals surface area contributed by atoms with Crippen LogP contribution in [0.4, 0.5) is 0 Å². The largest absolute Gasteiger partial charge is 0.507 e. The van der Waals surface area contributed by atoms with E-state index in [-0.39, 0.29) is 60.6 Å². The number of benzene rings is 1. The normalized spacial score (nSPS) is 31.5. The van der Waals surface area contributed by atoms with E-state index in [9.17, 15) is 23.1 Å². The van der Waals surface area contributed by atoms with Crippen molar-refractivity contribution in [3.63, 3.8) is 0 Å². The van der Waals surface area contributed by atoms with Gasteiger partial charge < -0.3 is 15.3 Å². The van der Waals surface area contributed by atoms with Gasteiger partial charge in [0.2, 0.25) is 21.8 Å². The number of sulfonamides is 1. The van der Waals surface area contributed by atoms with Crippen LogP contribution in [0.3, 0.4) is 0 Å². The van der Waals surface area contributed by atoms with Gasteiger partial charge in [-0.3, -0.25) is 9.59 Å². The minimum atomic E-state index is -3.84. The fourth-order valence-electron chi connectivity index (χ4n) is 6.99. The summed E-state index contributed by atoms with van der Waals surface area (Å²) in [5.41, 5.74) is 0.465. The number of carbonyl (C=O) groups excluding carboxylic acids is 2. The number of carbonyl (C=O) groups is 2. The molecule has 4 saturated carbocycles. The summed E-state index contributed by atoms with van der Waals surface area (Å²) in [7, 11) is -3.84. The lowest BCUT2D eigenvalue weighted by Gasteiger charge is -2.55. The SMILES string of the molecule is Cc1ccc(O)c(S(=O)(=O)N2CCN(C(=O)CNC(=O)C34CC5CC(CC(C5)C3)C4)CC2)c1. The highest BCUT2D eigenvalue weighted by Crippen LogP contribution is 2.60. The van der Waals surface area contributed by atoms with E-state index in [2.05, 4.69) is 5.32 Å². The Morgan fingerprint density at radius 1 is 1.03 bits per heavy atom. The Balaban J connectivity index is 1.15. The first-order chi connectivity index (χ1) is 15.7. The Hall–Kier alpha value is -2.13.